The van der Waals surface area contributed by atoms with Crippen molar-refractivity contribution >= 4 is 23.4 Å². The second-order valence-corrected chi connectivity index (χ2v) is 9.73. The Kier molecular flexibility index (Phi) is 6.76. The van der Waals surface area contributed by atoms with Crippen LogP contribution in [0.5, 0.6) is 0 Å². The van der Waals surface area contributed by atoms with E-state index in [0.717, 1.165) is 24.1 Å². The molecule has 3 unspecified atom stereocenters. The van der Waals surface area contributed by atoms with Gasteiger partial charge in [-0.2, -0.15) is 0 Å². The second-order valence-electron chi connectivity index (χ2n) is 9.32. The highest BCUT2D eigenvalue weighted by Crippen LogP contribution is 2.47. The smallest absolute Gasteiger partial charge is 0.336 e. The number of nitrogens with one attached hydrogen (secondary N) is 1. The summed E-state index contributed by atoms with van der Waals surface area (Å²) >= 11 is 6.59. The van der Waals surface area contributed by atoms with Gasteiger partial charge in [-0.1, -0.05) is 41.9 Å². The van der Waals surface area contributed by atoms with E-state index in [9.17, 15) is 14.0 Å². The number of esters is 1. The Morgan fingerprint density at radius 3 is 2.66 bits per heavy atom. The van der Waals surface area contributed by atoms with Crippen molar-refractivity contribution in [2.24, 2.45) is 0 Å². The van der Waals surface area contributed by atoms with Crippen molar-refractivity contribution in [2.75, 3.05) is 13.2 Å². The summed E-state index contributed by atoms with van der Waals surface area (Å²) in [4.78, 5) is 27.0. The summed E-state index contributed by atoms with van der Waals surface area (Å²) in [6.45, 7) is 2.67. The third kappa shape index (κ3) is 4.78. The number of ether oxygens (including phenoxy) is 2. The molecule has 0 spiro atoms. The van der Waals surface area contributed by atoms with Gasteiger partial charge in [0.25, 0.3) is 0 Å². The minimum atomic E-state index is -0.626. The first-order chi connectivity index (χ1) is 16.9. The Morgan fingerprint density at radius 1 is 1.17 bits per heavy atom. The molecule has 1 saturated heterocycles. The van der Waals surface area contributed by atoms with Gasteiger partial charge in [0.15, 0.2) is 5.78 Å². The molecule has 7 heteroatoms. The van der Waals surface area contributed by atoms with Gasteiger partial charge in [-0.3, -0.25) is 4.79 Å². The molecule has 0 amide bonds. The Bertz CT molecular complexity index is 1210. The van der Waals surface area contributed by atoms with E-state index in [-0.39, 0.29) is 36.7 Å². The first-order valence-corrected chi connectivity index (χ1v) is 12.3. The summed E-state index contributed by atoms with van der Waals surface area (Å²) in [5, 5.41) is 3.81. The number of benzene rings is 2. The van der Waals surface area contributed by atoms with Gasteiger partial charge in [0.1, 0.15) is 12.4 Å². The lowest BCUT2D eigenvalue weighted by Crippen LogP contribution is -2.36. The van der Waals surface area contributed by atoms with Gasteiger partial charge in [-0.05, 0) is 61.4 Å². The Labute approximate surface area is 208 Å². The summed E-state index contributed by atoms with van der Waals surface area (Å²) in [6.07, 6.45) is 2.55. The Hall–Kier alpha value is -2.96. The number of hydrogen-bond acceptors (Lipinski definition) is 5. The third-order valence-electron chi connectivity index (χ3n) is 7.03. The van der Waals surface area contributed by atoms with E-state index in [1.54, 1.807) is 18.2 Å². The van der Waals surface area contributed by atoms with Crippen LogP contribution in [0.4, 0.5) is 4.39 Å². The first kappa shape index (κ1) is 23.8. The average molecular weight is 496 g/mol. The molecule has 35 heavy (non-hydrogen) atoms. The monoisotopic (exact) mass is 495 g/mol. The second kappa shape index (κ2) is 9.96. The van der Waals surface area contributed by atoms with E-state index < -0.39 is 11.9 Å². The zero-order chi connectivity index (χ0) is 24.5. The molecule has 0 saturated carbocycles. The van der Waals surface area contributed by atoms with Gasteiger partial charge >= 0.3 is 5.97 Å². The van der Waals surface area contributed by atoms with Crippen LogP contribution >= 0.6 is 11.6 Å². The largest absolute Gasteiger partial charge is 0.459 e. The fourth-order valence-corrected chi connectivity index (χ4v) is 5.57. The lowest BCUT2D eigenvalue weighted by atomic mass is 9.71. The number of hydrogen-bond donors (Lipinski definition) is 1. The lowest BCUT2D eigenvalue weighted by molar-refractivity contribution is -0.142. The summed E-state index contributed by atoms with van der Waals surface area (Å²) in [6, 6.07) is 13.6. The molecule has 5 nitrogen and oxygen atoms in total. The van der Waals surface area contributed by atoms with E-state index in [2.05, 4.69) is 5.32 Å². The molecule has 0 radical (unpaired) electrons. The number of allylic oxidation sites excluding steroid dienone is 3. The maximum atomic E-state index is 13.6. The molecular weight excluding hydrogens is 469 g/mol. The van der Waals surface area contributed by atoms with Gasteiger partial charge in [0, 0.05) is 40.9 Å². The minimum absolute atomic E-state index is 0.0603. The minimum Gasteiger partial charge on any atom is -0.459 e. The molecule has 3 atom stereocenters. The molecule has 1 aliphatic carbocycles. The van der Waals surface area contributed by atoms with Crippen LogP contribution in [-0.4, -0.2) is 31.1 Å². The van der Waals surface area contributed by atoms with Crippen molar-refractivity contribution in [1.29, 1.82) is 0 Å². The number of halogens is 2. The van der Waals surface area contributed by atoms with E-state index in [0.29, 0.717) is 40.5 Å². The zero-order valence-electron chi connectivity index (χ0n) is 19.5. The SMILES string of the molecule is CC1=C(C(=O)OCC2CCCO2)C(c2ccccc2Cl)C2=C(CC(c3ccc(F)cc3)CC2=O)N1. The molecule has 3 aliphatic rings. The number of dihydropyridines is 1. The Balaban J connectivity index is 1.51. The van der Waals surface area contributed by atoms with Gasteiger partial charge in [0.05, 0.1) is 11.7 Å². The van der Waals surface area contributed by atoms with E-state index >= 15 is 0 Å². The van der Waals surface area contributed by atoms with Crippen LogP contribution in [0.1, 0.15) is 55.6 Å². The summed E-state index contributed by atoms with van der Waals surface area (Å²) in [5.74, 6) is -1.55. The number of ketones is 1. The maximum absolute atomic E-state index is 13.6. The Morgan fingerprint density at radius 2 is 1.94 bits per heavy atom. The number of carbonyl (C=O) groups excluding carboxylic acids is 2. The number of rotatable bonds is 5. The van der Waals surface area contributed by atoms with E-state index in [1.807, 2.05) is 25.1 Å². The number of Topliss-reactive ketones (excluding diaryl/α,β-unsaturated/α-hetero) is 1. The molecule has 1 fully saturated rings. The fraction of sp³-hybridized carbons (Fsp3) is 0.357. The van der Waals surface area contributed by atoms with Crippen LogP contribution < -0.4 is 5.32 Å². The van der Waals surface area contributed by atoms with Crippen molar-refractivity contribution in [3.8, 4) is 0 Å². The molecule has 2 aliphatic heterocycles. The molecule has 2 heterocycles. The van der Waals surface area contributed by atoms with Crippen molar-refractivity contribution in [3.05, 3.63) is 93.0 Å². The fourth-order valence-electron chi connectivity index (χ4n) is 5.32. The molecule has 1 N–H and O–H groups in total. The highest BCUT2D eigenvalue weighted by atomic mass is 35.5. The topological polar surface area (TPSA) is 64.6 Å². The van der Waals surface area contributed by atoms with E-state index in [1.165, 1.54) is 12.1 Å². The van der Waals surface area contributed by atoms with Crippen LogP contribution in [0.25, 0.3) is 0 Å². The lowest BCUT2D eigenvalue weighted by Gasteiger charge is -2.37. The highest BCUT2D eigenvalue weighted by Gasteiger charge is 2.42. The van der Waals surface area contributed by atoms with Crippen molar-refractivity contribution in [2.45, 2.75) is 50.5 Å². The molecule has 0 aromatic heterocycles. The van der Waals surface area contributed by atoms with E-state index in [4.69, 9.17) is 21.1 Å². The maximum Gasteiger partial charge on any atom is 0.336 e. The first-order valence-electron chi connectivity index (χ1n) is 11.9. The zero-order valence-corrected chi connectivity index (χ0v) is 20.2. The number of carbonyl (C=O) groups is 2. The van der Waals surface area contributed by atoms with Crippen LogP contribution in [-0.2, 0) is 19.1 Å². The summed E-state index contributed by atoms with van der Waals surface area (Å²) in [5.41, 5.74) is 3.95. The van der Waals surface area contributed by atoms with Crippen molar-refractivity contribution < 1.29 is 23.5 Å². The summed E-state index contributed by atoms with van der Waals surface area (Å²) < 4.78 is 24.7. The van der Waals surface area contributed by atoms with Gasteiger partial charge in [0.2, 0.25) is 0 Å². The average Bonchev–Trinajstić information content (AvgIpc) is 3.36. The standard InChI is InChI=1S/C28H27ClFNO4/c1-16-25(28(33)35-15-20-5-4-12-34-20)26(21-6-2-3-7-22(21)29)27-23(31-16)13-18(14-24(27)32)17-8-10-19(30)11-9-17/h2-3,6-11,18,20,26,31H,4-5,12-15H2,1H3. The van der Waals surface area contributed by atoms with Crippen LogP contribution in [0.3, 0.4) is 0 Å². The van der Waals surface area contributed by atoms with Gasteiger partial charge in [-0.15, -0.1) is 0 Å². The van der Waals surface area contributed by atoms with Gasteiger partial charge < -0.3 is 14.8 Å². The normalized spacial score (nSPS) is 24.3. The molecule has 0 bridgehead atoms. The molecule has 2 aromatic carbocycles. The quantitative estimate of drug-likeness (QED) is 0.550. The highest BCUT2D eigenvalue weighted by molar-refractivity contribution is 6.31. The predicted octanol–water partition coefficient (Wildman–Crippen LogP) is 5.56. The van der Waals surface area contributed by atoms with Crippen molar-refractivity contribution in [3.63, 3.8) is 0 Å². The third-order valence-corrected chi connectivity index (χ3v) is 7.37. The predicted molar refractivity (Wildman–Crippen MR) is 130 cm³/mol. The van der Waals surface area contributed by atoms with Crippen LogP contribution in [0.15, 0.2) is 71.1 Å². The molecule has 5 rings (SSSR count). The molecule has 2 aromatic rings. The van der Waals surface area contributed by atoms with Crippen LogP contribution in [0, 0.1) is 5.82 Å². The molecule has 182 valence electrons. The molecular formula is C28H27ClFNO4. The summed E-state index contributed by atoms with van der Waals surface area (Å²) in [7, 11) is 0. The van der Waals surface area contributed by atoms with Gasteiger partial charge in [-0.25, -0.2) is 9.18 Å². The van der Waals surface area contributed by atoms with Crippen LogP contribution in [0.2, 0.25) is 5.02 Å². The van der Waals surface area contributed by atoms with Crippen molar-refractivity contribution in [1.82, 2.24) is 5.32 Å².